The van der Waals surface area contributed by atoms with Crippen LogP contribution in [0.25, 0.3) is 22.5 Å². The van der Waals surface area contributed by atoms with Gasteiger partial charge in [0.2, 0.25) is 5.91 Å². The highest BCUT2D eigenvalue weighted by molar-refractivity contribution is 7.90. The Hall–Kier alpha value is -4.44. The second-order valence-electron chi connectivity index (χ2n) is 9.40. The summed E-state index contributed by atoms with van der Waals surface area (Å²) in [7, 11) is -3.91. The van der Waals surface area contributed by atoms with Crippen LogP contribution >= 0.6 is 0 Å². The zero-order chi connectivity index (χ0) is 27.6. The topological polar surface area (TPSA) is 128 Å². The summed E-state index contributed by atoms with van der Waals surface area (Å²) in [4.78, 5) is 24.5. The van der Waals surface area contributed by atoms with E-state index in [9.17, 15) is 18.0 Å². The van der Waals surface area contributed by atoms with E-state index in [0.717, 1.165) is 29.5 Å². The number of rotatable bonds is 8. The number of hydrogen-bond acceptors (Lipinski definition) is 7. The highest BCUT2D eigenvalue weighted by Gasteiger charge is 2.32. The Morgan fingerprint density at radius 1 is 0.923 bits per heavy atom. The van der Waals surface area contributed by atoms with Crippen LogP contribution in [-0.2, 0) is 19.6 Å². The lowest BCUT2D eigenvalue weighted by Crippen LogP contribution is -2.31. The summed E-state index contributed by atoms with van der Waals surface area (Å²) in [6.45, 7) is 3.52. The van der Waals surface area contributed by atoms with E-state index in [2.05, 4.69) is 15.2 Å². The first-order valence-corrected chi connectivity index (χ1v) is 14.0. The van der Waals surface area contributed by atoms with Crippen molar-refractivity contribution in [2.75, 3.05) is 5.32 Å². The summed E-state index contributed by atoms with van der Waals surface area (Å²) in [5.41, 5.74) is 4.11. The van der Waals surface area contributed by atoms with Gasteiger partial charge in [-0.25, -0.2) is 17.9 Å². The molecule has 1 aliphatic rings. The van der Waals surface area contributed by atoms with Crippen molar-refractivity contribution in [3.8, 4) is 22.5 Å². The van der Waals surface area contributed by atoms with E-state index in [1.807, 2.05) is 54.6 Å². The van der Waals surface area contributed by atoms with Crippen molar-refractivity contribution in [2.45, 2.75) is 37.7 Å². The van der Waals surface area contributed by atoms with Crippen LogP contribution in [0.3, 0.4) is 0 Å². The van der Waals surface area contributed by atoms with Crippen LogP contribution in [0, 0.1) is 12.8 Å². The van der Waals surface area contributed by atoms with Crippen LogP contribution in [0.2, 0.25) is 0 Å². The predicted molar refractivity (Wildman–Crippen MR) is 145 cm³/mol. The number of hydrogen-bond donors (Lipinski definition) is 2. The SMILES string of the molecule is Cc1noc(-c2ccc(-c3ccc(S(=O)(=O)NC(=O)C4CC4)cc3)cc2)c1NC(=O)O[C@H](C)c1ccccc1. The monoisotopic (exact) mass is 545 g/mol. The van der Waals surface area contributed by atoms with Crippen molar-refractivity contribution in [2.24, 2.45) is 5.92 Å². The van der Waals surface area contributed by atoms with E-state index in [4.69, 9.17) is 9.26 Å². The fourth-order valence-corrected chi connectivity index (χ4v) is 5.10. The molecule has 1 aliphatic carbocycles. The van der Waals surface area contributed by atoms with Crippen molar-refractivity contribution >= 4 is 27.7 Å². The molecule has 5 rings (SSSR count). The van der Waals surface area contributed by atoms with Crippen LogP contribution < -0.4 is 10.0 Å². The van der Waals surface area contributed by atoms with Crippen LogP contribution in [-0.4, -0.2) is 25.6 Å². The Morgan fingerprint density at radius 2 is 1.51 bits per heavy atom. The van der Waals surface area contributed by atoms with E-state index in [1.165, 1.54) is 12.1 Å². The van der Waals surface area contributed by atoms with E-state index in [0.29, 0.717) is 22.7 Å². The minimum Gasteiger partial charge on any atom is -0.441 e. The Bertz CT molecular complexity index is 1590. The standard InChI is InChI=1S/C29H27N3O6S/c1-18-26(30-29(34)37-19(2)20-6-4-3-5-7-20)27(38-31-18)23-10-8-21(9-11-23)22-14-16-25(17-15-22)39(35,36)32-28(33)24-12-13-24/h3-11,14-17,19,24H,12-13H2,1-2H3,(H,30,34)(H,32,33)/t19-/m1/s1. The maximum atomic E-state index is 12.6. The first-order chi connectivity index (χ1) is 18.7. The second-order valence-corrected chi connectivity index (χ2v) is 11.1. The van der Waals surface area contributed by atoms with Crippen molar-refractivity contribution in [3.05, 3.63) is 90.1 Å². The normalized spacial score (nSPS) is 13.9. The molecule has 0 radical (unpaired) electrons. The molecule has 2 amide bonds. The molecule has 1 atom stereocenters. The summed E-state index contributed by atoms with van der Waals surface area (Å²) in [6, 6.07) is 23.1. The lowest BCUT2D eigenvalue weighted by molar-refractivity contribution is -0.120. The number of aromatic nitrogens is 1. The summed E-state index contributed by atoms with van der Waals surface area (Å²) in [5.74, 6) is -0.272. The maximum absolute atomic E-state index is 12.6. The molecule has 4 aromatic rings. The highest BCUT2D eigenvalue weighted by Crippen LogP contribution is 2.33. The number of anilines is 1. The van der Waals surface area contributed by atoms with Crippen molar-refractivity contribution in [1.82, 2.24) is 9.88 Å². The van der Waals surface area contributed by atoms with Gasteiger partial charge >= 0.3 is 6.09 Å². The molecule has 200 valence electrons. The number of aryl methyl sites for hydroxylation is 1. The summed E-state index contributed by atoms with van der Waals surface area (Å²) < 4.78 is 38.1. The quantitative estimate of drug-likeness (QED) is 0.285. The van der Waals surface area contributed by atoms with Gasteiger partial charge in [0.05, 0.1) is 4.90 Å². The van der Waals surface area contributed by atoms with Crippen LogP contribution in [0.15, 0.2) is 88.3 Å². The lowest BCUT2D eigenvalue weighted by Gasteiger charge is -2.14. The van der Waals surface area contributed by atoms with Gasteiger partial charge in [0.25, 0.3) is 10.0 Å². The first kappa shape index (κ1) is 26.2. The molecular weight excluding hydrogens is 518 g/mol. The molecule has 9 nitrogen and oxygen atoms in total. The largest absolute Gasteiger partial charge is 0.441 e. The van der Waals surface area contributed by atoms with E-state index < -0.39 is 28.1 Å². The average molecular weight is 546 g/mol. The van der Waals surface area contributed by atoms with Gasteiger partial charge in [-0.3, -0.25) is 10.1 Å². The van der Waals surface area contributed by atoms with Crippen molar-refractivity contribution in [1.29, 1.82) is 0 Å². The van der Waals surface area contributed by atoms with Gasteiger partial charge in [-0.1, -0.05) is 71.9 Å². The highest BCUT2D eigenvalue weighted by atomic mass is 32.2. The van der Waals surface area contributed by atoms with Crippen LogP contribution in [0.1, 0.15) is 37.1 Å². The summed E-state index contributed by atoms with van der Waals surface area (Å²) in [6.07, 6.45) is 0.377. The molecule has 1 saturated carbocycles. The maximum Gasteiger partial charge on any atom is 0.412 e. The first-order valence-electron chi connectivity index (χ1n) is 12.5. The average Bonchev–Trinajstić information content (AvgIpc) is 3.73. The molecule has 0 unspecified atom stereocenters. The molecule has 0 spiro atoms. The number of carbonyl (C=O) groups excluding carboxylic acids is 2. The molecule has 2 N–H and O–H groups in total. The number of benzene rings is 3. The third-order valence-electron chi connectivity index (χ3n) is 6.47. The fraction of sp³-hybridized carbons (Fsp3) is 0.207. The number of amides is 2. The van der Waals surface area contributed by atoms with Gasteiger partial charge in [-0.2, -0.15) is 0 Å². The fourth-order valence-electron chi connectivity index (χ4n) is 4.06. The van der Waals surface area contributed by atoms with Gasteiger partial charge in [0.1, 0.15) is 17.5 Å². The van der Waals surface area contributed by atoms with Gasteiger partial charge < -0.3 is 9.26 Å². The van der Waals surface area contributed by atoms with Crippen LogP contribution in [0.5, 0.6) is 0 Å². The molecule has 10 heteroatoms. The molecule has 3 aromatic carbocycles. The lowest BCUT2D eigenvalue weighted by atomic mass is 10.0. The smallest absolute Gasteiger partial charge is 0.412 e. The van der Waals surface area contributed by atoms with Crippen LogP contribution in [0.4, 0.5) is 10.5 Å². The minimum atomic E-state index is -3.91. The Balaban J connectivity index is 1.28. The van der Waals surface area contributed by atoms with Gasteiger partial charge in [0.15, 0.2) is 5.76 Å². The Morgan fingerprint density at radius 3 is 2.13 bits per heavy atom. The van der Waals surface area contributed by atoms with E-state index in [1.54, 1.807) is 26.0 Å². The molecule has 1 aromatic heterocycles. The number of carbonyl (C=O) groups is 2. The minimum absolute atomic E-state index is 0.0261. The second kappa shape index (κ2) is 10.7. The number of sulfonamides is 1. The summed E-state index contributed by atoms with van der Waals surface area (Å²) >= 11 is 0. The molecule has 0 saturated heterocycles. The number of nitrogens with one attached hydrogen (secondary N) is 2. The van der Waals surface area contributed by atoms with E-state index in [-0.39, 0.29) is 10.8 Å². The number of ether oxygens (including phenoxy) is 1. The molecule has 1 fully saturated rings. The third-order valence-corrected chi connectivity index (χ3v) is 7.83. The van der Waals surface area contributed by atoms with Gasteiger partial charge in [-0.05, 0) is 55.5 Å². The zero-order valence-electron chi connectivity index (χ0n) is 21.4. The Labute approximate surface area is 226 Å². The summed E-state index contributed by atoms with van der Waals surface area (Å²) in [5, 5.41) is 6.74. The predicted octanol–water partition coefficient (Wildman–Crippen LogP) is 5.84. The molecule has 0 bridgehead atoms. The van der Waals surface area contributed by atoms with E-state index >= 15 is 0 Å². The van der Waals surface area contributed by atoms with Gasteiger partial charge in [-0.15, -0.1) is 0 Å². The van der Waals surface area contributed by atoms with Crippen molar-refractivity contribution < 1.29 is 27.3 Å². The molecular formula is C29H27N3O6S. The number of nitrogens with zero attached hydrogens (tertiary/aromatic N) is 1. The molecule has 39 heavy (non-hydrogen) atoms. The zero-order valence-corrected chi connectivity index (χ0v) is 22.2. The van der Waals surface area contributed by atoms with Gasteiger partial charge in [0, 0.05) is 11.5 Å². The molecule has 1 heterocycles. The Kier molecular flexibility index (Phi) is 7.21. The van der Waals surface area contributed by atoms with Crippen molar-refractivity contribution in [3.63, 3.8) is 0 Å². The third kappa shape index (κ3) is 6.01. The molecule has 0 aliphatic heterocycles.